The molecular weight excluding hydrogens is 464 g/mol. The van der Waals surface area contributed by atoms with Gasteiger partial charge in [0, 0.05) is 29.9 Å². The lowest BCUT2D eigenvalue weighted by molar-refractivity contribution is -0.131. The highest BCUT2D eigenvalue weighted by Gasteiger charge is 2.35. The van der Waals surface area contributed by atoms with Gasteiger partial charge < -0.3 is 26.5 Å². The van der Waals surface area contributed by atoms with Gasteiger partial charge in [0.1, 0.15) is 23.7 Å². The number of carbonyl (C=O) groups is 3. The van der Waals surface area contributed by atoms with Crippen LogP contribution in [0.4, 0.5) is 5.82 Å². The summed E-state index contributed by atoms with van der Waals surface area (Å²) in [7, 11) is 1.52. The van der Waals surface area contributed by atoms with E-state index in [1.54, 1.807) is 41.3 Å². The third-order valence-corrected chi connectivity index (χ3v) is 5.90. The summed E-state index contributed by atoms with van der Waals surface area (Å²) in [5.41, 5.74) is 6.68. The number of pyridine rings is 1. The minimum absolute atomic E-state index is 0.0256. The maximum atomic E-state index is 12.7. The number of amides is 3. The smallest absolute Gasteiger partial charge is 0.269 e. The summed E-state index contributed by atoms with van der Waals surface area (Å²) in [6.45, 7) is 0.464. The fourth-order valence-electron chi connectivity index (χ4n) is 4.20. The van der Waals surface area contributed by atoms with Gasteiger partial charge in [-0.2, -0.15) is 5.26 Å². The quantitative estimate of drug-likeness (QED) is 0.419. The first kappa shape index (κ1) is 24.2. The second-order valence-corrected chi connectivity index (χ2v) is 8.09. The van der Waals surface area contributed by atoms with Gasteiger partial charge in [0.2, 0.25) is 5.91 Å². The molecule has 3 aromatic rings. The summed E-state index contributed by atoms with van der Waals surface area (Å²) >= 11 is 0. The molecule has 1 atom stereocenters. The average molecular weight is 489 g/mol. The first-order valence-corrected chi connectivity index (χ1v) is 11.1. The van der Waals surface area contributed by atoms with Gasteiger partial charge in [0.25, 0.3) is 11.8 Å². The molecule has 1 saturated heterocycles. The second-order valence-electron chi connectivity index (χ2n) is 8.09. The molecule has 0 spiro atoms. The molecule has 3 amide bonds. The van der Waals surface area contributed by atoms with Crippen molar-refractivity contribution in [3.63, 3.8) is 0 Å². The number of benzene rings is 1. The molecule has 36 heavy (non-hydrogen) atoms. The van der Waals surface area contributed by atoms with Crippen LogP contribution in [0.3, 0.4) is 0 Å². The van der Waals surface area contributed by atoms with Crippen molar-refractivity contribution in [2.24, 2.45) is 5.73 Å². The maximum Gasteiger partial charge on any atom is 0.269 e. The topological polar surface area (TPSA) is 182 Å². The van der Waals surface area contributed by atoms with E-state index >= 15 is 0 Å². The molecule has 0 bridgehead atoms. The van der Waals surface area contributed by atoms with Crippen LogP contribution in [0.1, 0.15) is 52.0 Å². The highest BCUT2D eigenvalue weighted by atomic mass is 16.5. The standard InChI is InChI=1S/C24H24N8O4/c1-36-16-9-11-28-18(13-16)29-24(35)15-6-4-14(5-7-15)20-21(22(26)34)32(27)23(30-20)17-3-2-12-31(17)19(33)8-10-25/h4-7,9,11,13,17H,2-3,8,12,27H2,1H3,(H2,26,34)(H,28,29,35). The molecule has 1 fully saturated rings. The normalized spacial score (nSPS) is 14.8. The van der Waals surface area contributed by atoms with Crippen molar-refractivity contribution in [1.29, 1.82) is 5.26 Å². The van der Waals surface area contributed by atoms with Gasteiger partial charge in [-0.05, 0) is 31.0 Å². The third-order valence-electron chi connectivity index (χ3n) is 5.90. The van der Waals surface area contributed by atoms with Crippen molar-refractivity contribution in [3.05, 3.63) is 59.7 Å². The number of methoxy groups -OCH3 is 1. The van der Waals surface area contributed by atoms with Gasteiger partial charge in [-0.1, -0.05) is 12.1 Å². The number of rotatable bonds is 7. The predicted molar refractivity (Wildman–Crippen MR) is 129 cm³/mol. The first-order valence-electron chi connectivity index (χ1n) is 11.1. The molecule has 0 saturated carbocycles. The van der Waals surface area contributed by atoms with Gasteiger partial charge in [0.05, 0.1) is 19.2 Å². The molecule has 1 aliphatic rings. The second kappa shape index (κ2) is 10.1. The number of aromatic nitrogens is 3. The van der Waals surface area contributed by atoms with Crippen LogP contribution in [-0.4, -0.2) is 50.9 Å². The molecule has 0 radical (unpaired) electrons. The summed E-state index contributed by atoms with van der Waals surface area (Å²) in [4.78, 5) is 47.5. The number of nitriles is 1. The van der Waals surface area contributed by atoms with Crippen LogP contribution in [0.15, 0.2) is 42.6 Å². The number of hydrogen-bond donors (Lipinski definition) is 3. The summed E-state index contributed by atoms with van der Waals surface area (Å²) in [6, 6.07) is 11.0. The lowest BCUT2D eigenvalue weighted by Gasteiger charge is -2.23. The zero-order valence-corrected chi connectivity index (χ0v) is 19.5. The molecule has 12 nitrogen and oxygen atoms in total. The number of nitrogens with two attached hydrogens (primary N) is 2. The van der Waals surface area contributed by atoms with Crippen LogP contribution in [0, 0.1) is 11.3 Å². The fraction of sp³-hybridized carbons (Fsp3) is 0.250. The molecule has 4 rings (SSSR count). The minimum atomic E-state index is -0.787. The van der Waals surface area contributed by atoms with E-state index in [9.17, 15) is 14.4 Å². The molecule has 184 valence electrons. The molecule has 1 aromatic carbocycles. The number of anilines is 1. The van der Waals surface area contributed by atoms with Crippen molar-refractivity contribution < 1.29 is 19.1 Å². The predicted octanol–water partition coefficient (Wildman–Crippen LogP) is 1.60. The van der Waals surface area contributed by atoms with Crippen molar-refractivity contribution >= 4 is 23.5 Å². The number of ether oxygens (including phenoxy) is 1. The maximum absolute atomic E-state index is 12.7. The van der Waals surface area contributed by atoms with E-state index in [4.69, 9.17) is 21.6 Å². The van der Waals surface area contributed by atoms with Crippen LogP contribution < -0.4 is 21.6 Å². The number of carbonyl (C=O) groups excluding carboxylic acids is 3. The summed E-state index contributed by atoms with van der Waals surface area (Å²) < 4.78 is 6.24. The van der Waals surface area contributed by atoms with Crippen molar-refractivity contribution in [2.75, 3.05) is 24.8 Å². The van der Waals surface area contributed by atoms with Crippen LogP contribution in [0.25, 0.3) is 11.3 Å². The van der Waals surface area contributed by atoms with E-state index < -0.39 is 11.9 Å². The Kier molecular flexibility index (Phi) is 6.82. The number of likely N-dealkylation sites (tertiary alicyclic amines) is 1. The number of nitrogen functional groups attached to an aromatic ring is 1. The zero-order valence-electron chi connectivity index (χ0n) is 19.5. The molecule has 2 aromatic heterocycles. The molecule has 12 heteroatoms. The molecule has 1 aliphatic heterocycles. The number of imidazole rings is 1. The fourth-order valence-corrected chi connectivity index (χ4v) is 4.20. The number of nitrogens with one attached hydrogen (secondary N) is 1. The van der Waals surface area contributed by atoms with E-state index in [0.717, 1.165) is 4.68 Å². The number of primary amides is 1. The Hall–Kier alpha value is -4.92. The Morgan fingerprint density at radius 2 is 2.00 bits per heavy atom. The monoisotopic (exact) mass is 488 g/mol. The van der Waals surface area contributed by atoms with Crippen LogP contribution in [0.5, 0.6) is 5.75 Å². The van der Waals surface area contributed by atoms with E-state index in [0.29, 0.717) is 47.9 Å². The Balaban J connectivity index is 1.62. The molecule has 1 unspecified atom stereocenters. The van der Waals surface area contributed by atoms with Gasteiger partial charge in [-0.15, -0.1) is 0 Å². The lowest BCUT2D eigenvalue weighted by atomic mass is 10.1. The highest BCUT2D eigenvalue weighted by Crippen LogP contribution is 2.34. The van der Waals surface area contributed by atoms with Crippen molar-refractivity contribution in [3.8, 4) is 23.1 Å². The summed E-state index contributed by atoms with van der Waals surface area (Å²) in [5.74, 6) is 5.90. The molecule has 0 aliphatic carbocycles. The zero-order chi connectivity index (χ0) is 25.8. The van der Waals surface area contributed by atoms with Crippen molar-refractivity contribution in [2.45, 2.75) is 25.3 Å². The van der Waals surface area contributed by atoms with E-state index in [1.807, 2.05) is 6.07 Å². The van der Waals surface area contributed by atoms with Crippen LogP contribution in [-0.2, 0) is 4.79 Å². The Labute approximate surface area is 206 Å². The Morgan fingerprint density at radius 3 is 2.67 bits per heavy atom. The Morgan fingerprint density at radius 1 is 1.25 bits per heavy atom. The van der Waals surface area contributed by atoms with Gasteiger partial charge >= 0.3 is 0 Å². The lowest BCUT2D eigenvalue weighted by Crippen LogP contribution is -2.33. The summed E-state index contributed by atoms with van der Waals surface area (Å²) in [6.07, 6.45) is 2.55. The molecule has 5 N–H and O–H groups in total. The largest absolute Gasteiger partial charge is 0.497 e. The minimum Gasteiger partial charge on any atom is -0.497 e. The molecule has 3 heterocycles. The van der Waals surface area contributed by atoms with Gasteiger partial charge in [-0.3, -0.25) is 14.4 Å². The van der Waals surface area contributed by atoms with Crippen molar-refractivity contribution in [1.82, 2.24) is 19.5 Å². The van der Waals surface area contributed by atoms with E-state index in [1.165, 1.54) is 13.3 Å². The third kappa shape index (κ3) is 4.67. The van der Waals surface area contributed by atoms with Crippen LogP contribution >= 0.6 is 0 Å². The highest BCUT2D eigenvalue weighted by molar-refractivity contribution is 6.04. The van der Waals surface area contributed by atoms with E-state index in [2.05, 4.69) is 15.3 Å². The van der Waals surface area contributed by atoms with Gasteiger partial charge in [-0.25, -0.2) is 14.6 Å². The molecular formula is C24H24N8O4. The Bertz CT molecular complexity index is 1360. The SMILES string of the molecule is COc1ccnc(NC(=O)c2ccc(-c3nc(C4CCCN4C(=O)CC#N)n(N)c3C(N)=O)cc2)c1. The average Bonchev–Trinajstić information content (AvgIpc) is 3.49. The first-order chi connectivity index (χ1) is 17.3. The number of nitrogens with zero attached hydrogens (tertiary/aromatic N) is 5. The van der Waals surface area contributed by atoms with Gasteiger partial charge in [0.15, 0.2) is 11.5 Å². The van der Waals surface area contributed by atoms with Crippen LogP contribution in [0.2, 0.25) is 0 Å². The summed E-state index contributed by atoms with van der Waals surface area (Å²) in [5, 5.41) is 11.6. The number of hydrogen-bond acceptors (Lipinski definition) is 8. The van der Waals surface area contributed by atoms with E-state index in [-0.39, 0.29) is 29.6 Å².